The summed E-state index contributed by atoms with van der Waals surface area (Å²) in [5, 5.41) is 8.74. The van der Waals surface area contributed by atoms with E-state index < -0.39 is 0 Å². The standard InChI is InChI=1S/C14H14N4/c1-18-8-6-14(17-18)16-10-11-4-5-13-12(9-11)3-2-7-15-13/h2-9H,10H2,1H3,(H,16,17). The number of benzene rings is 1. The minimum absolute atomic E-state index is 0.766. The highest BCUT2D eigenvalue weighted by Gasteiger charge is 1.99. The Morgan fingerprint density at radius 1 is 1.22 bits per heavy atom. The van der Waals surface area contributed by atoms with Gasteiger partial charge in [-0.05, 0) is 23.8 Å². The molecule has 0 aliphatic carbocycles. The molecule has 0 saturated carbocycles. The summed E-state index contributed by atoms with van der Waals surface area (Å²) in [6, 6.07) is 12.3. The lowest BCUT2D eigenvalue weighted by Crippen LogP contribution is -2.00. The third-order valence-electron chi connectivity index (χ3n) is 2.85. The van der Waals surface area contributed by atoms with E-state index in [0.29, 0.717) is 0 Å². The average Bonchev–Trinajstić information content (AvgIpc) is 2.82. The zero-order valence-electron chi connectivity index (χ0n) is 10.2. The van der Waals surface area contributed by atoms with Crippen molar-refractivity contribution >= 4 is 16.7 Å². The lowest BCUT2D eigenvalue weighted by atomic mass is 10.1. The normalized spacial score (nSPS) is 10.7. The molecule has 0 aliphatic heterocycles. The van der Waals surface area contributed by atoms with E-state index >= 15 is 0 Å². The molecule has 0 atom stereocenters. The molecule has 18 heavy (non-hydrogen) atoms. The Hall–Kier alpha value is -2.36. The Morgan fingerprint density at radius 3 is 3.00 bits per heavy atom. The molecule has 1 aromatic carbocycles. The van der Waals surface area contributed by atoms with Gasteiger partial charge in [-0.3, -0.25) is 9.67 Å². The first-order valence-electron chi connectivity index (χ1n) is 5.88. The van der Waals surface area contributed by atoms with Crippen LogP contribution >= 0.6 is 0 Å². The van der Waals surface area contributed by atoms with Crippen LogP contribution in [0.25, 0.3) is 10.9 Å². The molecule has 4 nitrogen and oxygen atoms in total. The van der Waals surface area contributed by atoms with Gasteiger partial charge in [0.2, 0.25) is 0 Å². The van der Waals surface area contributed by atoms with E-state index in [9.17, 15) is 0 Å². The van der Waals surface area contributed by atoms with Gasteiger partial charge in [0.25, 0.3) is 0 Å². The van der Waals surface area contributed by atoms with Crippen molar-refractivity contribution < 1.29 is 0 Å². The molecule has 2 aromatic heterocycles. The second-order valence-electron chi connectivity index (χ2n) is 4.26. The van der Waals surface area contributed by atoms with E-state index in [-0.39, 0.29) is 0 Å². The number of anilines is 1. The van der Waals surface area contributed by atoms with Gasteiger partial charge in [0.05, 0.1) is 5.52 Å². The highest BCUT2D eigenvalue weighted by molar-refractivity contribution is 5.78. The number of nitrogens with zero attached hydrogens (tertiary/aromatic N) is 3. The van der Waals surface area contributed by atoms with Crippen molar-refractivity contribution in [1.29, 1.82) is 0 Å². The smallest absolute Gasteiger partial charge is 0.148 e. The zero-order valence-corrected chi connectivity index (χ0v) is 10.2. The van der Waals surface area contributed by atoms with Crippen LogP contribution in [-0.4, -0.2) is 14.8 Å². The average molecular weight is 238 g/mol. The van der Waals surface area contributed by atoms with Crippen molar-refractivity contribution in [1.82, 2.24) is 14.8 Å². The number of aromatic nitrogens is 3. The fourth-order valence-electron chi connectivity index (χ4n) is 1.94. The van der Waals surface area contributed by atoms with E-state index in [4.69, 9.17) is 0 Å². The minimum atomic E-state index is 0.766. The molecule has 0 fully saturated rings. The first kappa shape index (κ1) is 10.8. The van der Waals surface area contributed by atoms with Crippen LogP contribution in [0.5, 0.6) is 0 Å². The summed E-state index contributed by atoms with van der Waals surface area (Å²) in [7, 11) is 1.91. The van der Waals surface area contributed by atoms with Gasteiger partial charge in [-0.25, -0.2) is 0 Å². The molecule has 1 N–H and O–H groups in total. The Balaban J connectivity index is 1.78. The Bertz CT molecular complexity index is 672. The van der Waals surface area contributed by atoms with E-state index in [1.807, 2.05) is 37.6 Å². The molecule has 0 bridgehead atoms. The van der Waals surface area contributed by atoms with Crippen molar-refractivity contribution in [3.8, 4) is 0 Å². The van der Waals surface area contributed by atoms with Crippen LogP contribution in [0.3, 0.4) is 0 Å². The molecule has 4 heteroatoms. The van der Waals surface area contributed by atoms with Gasteiger partial charge in [-0.2, -0.15) is 5.10 Å². The number of rotatable bonds is 3. The number of pyridine rings is 1. The SMILES string of the molecule is Cn1ccc(NCc2ccc3ncccc3c2)n1. The first-order chi connectivity index (χ1) is 8.81. The summed E-state index contributed by atoms with van der Waals surface area (Å²) in [5.74, 6) is 0.892. The Labute approximate surface area is 105 Å². The van der Waals surface area contributed by atoms with Crippen molar-refractivity contribution in [2.24, 2.45) is 7.05 Å². The molecule has 3 aromatic rings. The van der Waals surface area contributed by atoms with Crippen LogP contribution in [0.1, 0.15) is 5.56 Å². The summed E-state index contributed by atoms with van der Waals surface area (Å²) in [4.78, 5) is 4.31. The number of aryl methyl sites for hydroxylation is 1. The van der Waals surface area contributed by atoms with Crippen LogP contribution in [0.2, 0.25) is 0 Å². The number of fused-ring (bicyclic) bond motifs is 1. The monoisotopic (exact) mass is 238 g/mol. The summed E-state index contributed by atoms with van der Waals surface area (Å²) in [6.45, 7) is 0.766. The number of hydrogen-bond acceptors (Lipinski definition) is 3. The summed E-state index contributed by atoms with van der Waals surface area (Å²) < 4.78 is 1.78. The van der Waals surface area contributed by atoms with Crippen molar-refractivity contribution in [2.75, 3.05) is 5.32 Å². The van der Waals surface area contributed by atoms with Gasteiger partial charge in [-0.15, -0.1) is 0 Å². The molecule has 2 heterocycles. The van der Waals surface area contributed by atoms with Crippen LogP contribution in [0, 0.1) is 0 Å². The van der Waals surface area contributed by atoms with Crippen LogP contribution in [0.4, 0.5) is 5.82 Å². The molecule has 0 spiro atoms. The lowest BCUT2D eigenvalue weighted by Gasteiger charge is -2.04. The van der Waals surface area contributed by atoms with E-state index in [1.165, 1.54) is 5.56 Å². The number of hydrogen-bond donors (Lipinski definition) is 1. The molecule has 0 unspecified atom stereocenters. The van der Waals surface area contributed by atoms with E-state index in [2.05, 4.69) is 33.6 Å². The van der Waals surface area contributed by atoms with Gasteiger partial charge in [0.1, 0.15) is 5.82 Å². The molecule has 3 rings (SSSR count). The highest BCUT2D eigenvalue weighted by Crippen LogP contribution is 2.14. The maximum atomic E-state index is 4.31. The zero-order chi connectivity index (χ0) is 12.4. The quantitative estimate of drug-likeness (QED) is 0.762. The van der Waals surface area contributed by atoms with Crippen molar-refractivity contribution in [3.63, 3.8) is 0 Å². The van der Waals surface area contributed by atoms with Gasteiger partial charge in [0, 0.05) is 37.4 Å². The van der Waals surface area contributed by atoms with Crippen LogP contribution in [-0.2, 0) is 13.6 Å². The predicted molar refractivity (Wildman–Crippen MR) is 72.3 cm³/mol. The summed E-state index contributed by atoms with van der Waals surface area (Å²) in [5.41, 5.74) is 2.25. The molecule has 90 valence electrons. The van der Waals surface area contributed by atoms with Gasteiger partial charge in [0.15, 0.2) is 0 Å². The fourth-order valence-corrected chi connectivity index (χ4v) is 1.94. The first-order valence-corrected chi connectivity index (χ1v) is 5.88. The summed E-state index contributed by atoms with van der Waals surface area (Å²) >= 11 is 0. The molecule has 0 saturated heterocycles. The molecule has 0 radical (unpaired) electrons. The third kappa shape index (κ3) is 2.18. The second kappa shape index (κ2) is 4.49. The molecule has 0 aliphatic rings. The second-order valence-corrected chi connectivity index (χ2v) is 4.26. The summed E-state index contributed by atoms with van der Waals surface area (Å²) in [6.07, 6.45) is 3.74. The van der Waals surface area contributed by atoms with Gasteiger partial charge >= 0.3 is 0 Å². The topological polar surface area (TPSA) is 42.7 Å². The van der Waals surface area contributed by atoms with Crippen LogP contribution < -0.4 is 5.32 Å². The Morgan fingerprint density at radius 2 is 2.17 bits per heavy atom. The molecule has 0 amide bonds. The predicted octanol–water partition coefficient (Wildman–Crippen LogP) is 2.58. The minimum Gasteiger partial charge on any atom is -0.365 e. The van der Waals surface area contributed by atoms with Crippen molar-refractivity contribution in [2.45, 2.75) is 6.54 Å². The molecular formula is C14H14N4. The lowest BCUT2D eigenvalue weighted by molar-refractivity contribution is 0.768. The number of nitrogens with one attached hydrogen (secondary N) is 1. The third-order valence-corrected chi connectivity index (χ3v) is 2.85. The van der Waals surface area contributed by atoms with Crippen molar-refractivity contribution in [3.05, 3.63) is 54.4 Å². The highest BCUT2D eigenvalue weighted by atomic mass is 15.3. The molecular weight excluding hydrogens is 224 g/mol. The van der Waals surface area contributed by atoms with Crippen LogP contribution in [0.15, 0.2) is 48.8 Å². The van der Waals surface area contributed by atoms with Gasteiger partial charge < -0.3 is 5.32 Å². The maximum Gasteiger partial charge on any atom is 0.148 e. The largest absolute Gasteiger partial charge is 0.365 e. The maximum absolute atomic E-state index is 4.31. The Kier molecular flexibility index (Phi) is 2.68. The fraction of sp³-hybridized carbons (Fsp3) is 0.143. The van der Waals surface area contributed by atoms with Gasteiger partial charge in [-0.1, -0.05) is 12.1 Å². The van der Waals surface area contributed by atoms with E-state index in [1.54, 1.807) is 4.68 Å². The van der Waals surface area contributed by atoms with E-state index in [0.717, 1.165) is 23.3 Å².